The fourth-order valence-corrected chi connectivity index (χ4v) is 2.71. The molecule has 3 N–H and O–H groups in total. The van der Waals surface area contributed by atoms with Gasteiger partial charge in [0, 0.05) is 0 Å². The molecule has 1 atom stereocenters. The lowest BCUT2D eigenvalue weighted by molar-refractivity contribution is 0.144. The minimum atomic E-state index is -0.579. The van der Waals surface area contributed by atoms with E-state index < -0.39 is 6.10 Å². The van der Waals surface area contributed by atoms with Crippen molar-refractivity contribution in [2.75, 3.05) is 19.6 Å². The maximum absolute atomic E-state index is 10.1. The fourth-order valence-electron chi connectivity index (χ4n) is 2.71. The second-order valence-corrected chi connectivity index (χ2v) is 5.93. The van der Waals surface area contributed by atoms with E-state index >= 15 is 0 Å². The first kappa shape index (κ1) is 15.1. The van der Waals surface area contributed by atoms with Gasteiger partial charge in [0.25, 0.3) is 0 Å². The summed E-state index contributed by atoms with van der Waals surface area (Å²) in [5, 5.41) is 28.8. The Balaban J connectivity index is 1.74. The molecule has 1 aromatic carbocycles. The number of nitrogens with zero attached hydrogens (tertiary/aromatic N) is 1. The van der Waals surface area contributed by atoms with Crippen LogP contribution >= 0.6 is 0 Å². The molecule has 0 aliphatic carbocycles. The molecule has 0 spiro atoms. The van der Waals surface area contributed by atoms with Gasteiger partial charge in [0.05, 0.1) is 6.10 Å². The van der Waals surface area contributed by atoms with E-state index in [0.29, 0.717) is 12.0 Å². The highest BCUT2D eigenvalue weighted by Crippen LogP contribution is 2.29. The third-order valence-corrected chi connectivity index (χ3v) is 4.21. The predicted octanol–water partition coefficient (Wildman–Crippen LogP) is 2.64. The molecule has 0 saturated carbocycles. The number of hydrogen-bond acceptors (Lipinski definition) is 4. The maximum Gasteiger partial charge on any atom is 0.157 e. The summed E-state index contributed by atoms with van der Waals surface area (Å²) in [5.74, 6) is 0.520. The quantitative estimate of drug-likeness (QED) is 0.725. The third-order valence-electron chi connectivity index (χ3n) is 4.21. The van der Waals surface area contributed by atoms with Crippen LogP contribution in [0.15, 0.2) is 18.2 Å². The molecule has 1 saturated heterocycles. The molecular formula is C16H25NO3. The van der Waals surface area contributed by atoms with E-state index in [-0.39, 0.29) is 11.5 Å². The lowest BCUT2D eigenvalue weighted by Crippen LogP contribution is -2.33. The number of aromatic hydroxyl groups is 2. The van der Waals surface area contributed by atoms with Crippen molar-refractivity contribution in [3.63, 3.8) is 0 Å². The Hall–Kier alpha value is -1.26. The number of phenols is 2. The molecule has 1 fully saturated rings. The highest BCUT2D eigenvalue weighted by Gasteiger charge is 2.16. The molecule has 0 bridgehead atoms. The van der Waals surface area contributed by atoms with Crippen LogP contribution in [0.2, 0.25) is 0 Å². The Kier molecular flexibility index (Phi) is 5.26. The van der Waals surface area contributed by atoms with Crippen molar-refractivity contribution in [3.8, 4) is 11.5 Å². The van der Waals surface area contributed by atoms with Gasteiger partial charge in [-0.2, -0.15) is 0 Å². The highest BCUT2D eigenvalue weighted by atomic mass is 16.3. The van der Waals surface area contributed by atoms with Gasteiger partial charge < -0.3 is 20.2 Å². The minimum Gasteiger partial charge on any atom is -0.504 e. The van der Waals surface area contributed by atoms with Crippen LogP contribution in [0.4, 0.5) is 0 Å². The topological polar surface area (TPSA) is 63.9 Å². The van der Waals surface area contributed by atoms with Crippen LogP contribution in [0.5, 0.6) is 11.5 Å². The van der Waals surface area contributed by atoms with E-state index in [4.69, 9.17) is 0 Å². The van der Waals surface area contributed by atoms with E-state index in [1.54, 1.807) is 6.07 Å². The summed E-state index contributed by atoms with van der Waals surface area (Å²) in [6.45, 7) is 5.65. The maximum atomic E-state index is 10.1. The first-order chi connectivity index (χ1) is 9.56. The standard InChI is InChI=1S/C16H25NO3/c1-12-6-9-17(10-7-12)8-2-3-14(18)13-4-5-15(19)16(20)11-13/h4-5,11-12,14,18-20H,2-3,6-10H2,1H3. The van der Waals surface area contributed by atoms with Crippen molar-refractivity contribution >= 4 is 0 Å². The fraction of sp³-hybridized carbons (Fsp3) is 0.625. The molecule has 1 aromatic rings. The average molecular weight is 279 g/mol. The summed E-state index contributed by atoms with van der Waals surface area (Å²) in [7, 11) is 0. The van der Waals surface area contributed by atoms with E-state index in [1.807, 2.05) is 0 Å². The molecule has 0 radical (unpaired) electrons. The van der Waals surface area contributed by atoms with E-state index in [2.05, 4.69) is 11.8 Å². The van der Waals surface area contributed by atoms with Gasteiger partial charge in [-0.05, 0) is 68.9 Å². The Morgan fingerprint density at radius 3 is 2.55 bits per heavy atom. The number of rotatable bonds is 5. The van der Waals surface area contributed by atoms with Gasteiger partial charge in [0.15, 0.2) is 11.5 Å². The van der Waals surface area contributed by atoms with Crippen molar-refractivity contribution in [2.45, 2.75) is 38.7 Å². The minimum absolute atomic E-state index is 0.150. The molecule has 2 rings (SSSR count). The van der Waals surface area contributed by atoms with Crippen molar-refractivity contribution in [2.24, 2.45) is 5.92 Å². The lowest BCUT2D eigenvalue weighted by atomic mass is 9.98. The molecule has 1 heterocycles. The van der Waals surface area contributed by atoms with E-state index in [9.17, 15) is 15.3 Å². The number of aliphatic hydroxyl groups excluding tert-OH is 1. The number of hydrogen-bond donors (Lipinski definition) is 3. The molecule has 1 aliphatic rings. The normalized spacial score (nSPS) is 19.1. The summed E-state index contributed by atoms with van der Waals surface area (Å²) < 4.78 is 0. The molecule has 1 aliphatic heterocycles. The number of likely N-dealkylation sites (tertiary alicyclic amines) is 1. The van der Waals surface area contributed by atoms with Gasteiger partial charge in [-0.3, -0.25) is 0 Å². The smallest absolute Gasteiger partial charge is 0.157 e. The second kappa shape index (κ2) is 6.95. The zero-order chi connectivity index (χ0) is 14.5. The number of benzene rings is 1. The zero-order valence-electron chi connectivity index (χ0n) is 12.1. The second-order valence-electron chi connectivity index (χ2n) is 5.93. The van der Waals surface area contributed by atoms with Crippen molar-refractivity contribution in [3.05, 3.63) is 23.8 Å². The number of piperidine rings is 1. The summed E-state index contributed by atoms with van der Waals surface area (Å²) in [6, 6.07) is 4.50. The summed E-state index contributed by atoms with van der Waals surface area (Å²) in [6.07, 6.45) is 3.58. The van der Waals surface area contributed by atoms with Crippen molar-refractivity contribution in [1.82, 2.24) is 4.90 Å². The average Bonchev–Trinajstić information content (AvgIpc) is 2.44. The van der Waals surface area contributed by atoms with Crippen LogP contribution in [-0.4, -0.2) is 39.9 Å². The Bertz CT molecular complexity index is 428. The summed E-state index contributed by atoms with van der Waals surface area (Å²) in [4.78, 5) is 2.46. The molecule has 1 unspecified atom stereocenters. The zero-order valence-corrected chi connectivity index (χ0v) is 12.1. The van der Waals surface area contributed by atoms with Gasteiger partial charge in [-0.15, -0.1) is 0 Å². The van der Waals surface area contributed by atoms with Gasteiger partial charge >= 0.3 is 0 Å². The lowest BCUT2D eigenvalue weighted by Gasteiger charge is -2.30. The monoisotopic (exact) mass is 279 g/mol. The molecule has 0 aromatic heterocycles. The van der Waals surface area contributed by atoms with Gasteiger partial charge in [-0.25, -0.2) is 0 Å². The highest BCUT2D eigenvalue weighted by molar-refractivity contribution is 5.41. The molecule has 0 amide bonds. The van der Waals surface area contributed by atoms with E-state index in [0.717, 1.165) is 32.0 Å². The number of aliphatic hydroxyl groups is 1. The van der Waals surface area contributed by atoms with E-state index in [1.165, 1.54) is 25.0 Å². The Labute approximate surface area is 120 Å². The summed E-state index contributed by atoms with van der Waals surface area (Å²) >= 11 is 0. The van der Waals surface area contributed by atoms with Crippen molar-refractivity contribution < 1.29 is 15.3 Å². The molecule has 4 nitrogen and oxygen atoms in total. The molecule has 4 heteroatoms. The molecule has 112 valence electrons. The van der Waals surface area contributed by atoms with Crippen LogP contribution in [0, 0.1) is 5.92 Å². The Morgan fingerprint density at radius 2 is 1.90 bits per heavy atom. The first-order valence-corrected chi connectivity index (χ1v) is 7.48. The number of phenolic OH excluding ortho intramolecular Hbond substituents is 2. The third kappa shape index (κ3) is 4.12. The van der Waals surface area contributed by atoms with Gasteiger partial charge in [0.1, 0.15) is 0 Å². The van der Waals surface area contributed by atoms with Gasteiger partial charge in [0.2, 0.25) is 0 Å². The van der Waals surface area contributed by atoms with Gasteiger partial charge in [-0.1, -0.05) is 13.0 Å². The van der Waals surface area contributed by atoms with Crippen LogP contribution in [0.25, 0.3) is 0 Å². The predicted molar refractivity (Wildman–Crippen MR) is 78.8 cm³/mol. The Morgan fingerprint density at radius 1 is 1.20 bits per heavy atom. The SMILES string of the molecule is CC1CCN(CCCC(O)c2ccc(O)c(O)c2)CC1. The van der Waals surface area contributed by atoms with Crippen LogP contribution in [0.1, 0.15) is 44.3 Å². The van der Waals surface area contributed by atoms with Crippen molar-refractivity contribution in [1.29, 1.82) is 0 Å². The largest absolute Gasteiger partial charge is 0.504 e. The molecular weight excluding hydrogens is 254 g/mol. The van der Waals surface area contributed by atoms with Crippen LogP contribution in [-0.2, 0) is 0 Å². The summed E-state index contributed by atoms with van der Waals surface area (Å²) in [5.41, 5.74) is 0.660. The molecule has 20 heavy (non-hydrogen) atoms. The first-order valence-electron chi connectivity index (χ1n) is 7.48. The van der Waals surface area contributed by atoms with Crippen LogP contribution < -0.4 is 0 Å². The van der Waals surface area contributed by atoms with Crippen LogP contribution in [0.3, 0.4) is 0 Å².